The summed E-state index contributed by atoms with van der Waals surface area (Å²) < 4.78 is 4.99. The number of carbonyl (C=O) groups excluding carboxylic acids is 4. The molecule has 2 fully saturated rings. The van der Waals surface area contributed by atoms with E-state index in [-0.39, 0.29) is 5.56 Å². The first-order valence-corrected chi connectivity index (χ1v) is 8.87. The van der Waals surface area contributed by atoms with Crippen molar-refractivity contribution in [3.63, 3.8) is 0 Å². The molecular formula is C18H22N4O5. The highest BCUT2D eigenvalue weighted by Crippen LogP contribution is 2.32. The molecule has 3 N–H and O–H groups in total. The molecule has 1 spiro atoms. The van der Waals surface area contributed by atoms with E-state index in [9.17, 15) is 19.2 Å². The molecule has 0 unspecified atom stereocenters. The average Bonchev–Trinajstić information content (AvgIpc) is 2.90. The van der Waals surface area contributed by atoms with Gasteiger partial charge < -0.3 is 15.4 Å². The van der Waals surface area contributed by atoms with Gasteiger partial charge in [0.1, 0.15) is 5.54 Å². The minimum atomic E-state index is -0.926. The Morgan fingerprint density at radius 3 is 2.59 bits per heavy atom. The summed E-state index contributed by atoms with van der Waals surface area (Å²) in [6.07, 6.45) is 3.81. The van der Waals surface area contributed by atoms with Gasteiger partial charge >= 0.3 is 12.0 Å². The van der Waals surface area contributed by atoms with E-state index in [2.05, 4.69) is 16.1 Å². The van der Waals surface area contributed by atoms with Crippen molar-refractivity contribution in [2.24, 2.45) is 0 Å². The number of hydrazine groups is 1. The molecule has 2 aliphatic rings. The lowest BCUT2D eigenvalue weighted by molar-refractivity contribution is -0.140. The number of esters is 1. The Hall–Kier alpha value is -3.10. The van der Waals surface area contributed by atoms with E-state index in [1.165, 1.54) is 0 Å². The van der Waals surface area contributed by atoms with Crippen molar-refractivity contribution in [1.82, 2.24) is 15.8 Å². The first kappa shape index (κ1) is 18.7. The van der Waals surface area contributed by atoms with Gasteiger partial charge in [-0.15, -0.1) is 0 Å². The van der Waals surface area contributed by atoms with Crippen LogP contribution in [0.1, 0.15) is 42.5 Å². The van der Waals surface area contributed by atoms with Crippen molar-refractivity contribution >= 4 is 29.5 Å². The molecule has 1 saturated carbocycles. The molecule has 9 heteroatoms. The Morgan fingerprint density at radius 1 is 1.19 bits per heavy atom. The second kappa shape index (κ2) is 7.65. The molecule has 1 saturated heterocycles. The monoisotopic (exact) mass is 374 g/mol. The number of benzene rings is 1. The summed E-state index contributed by atoms with van der Waals surface area (Å²) in [6, 6.07) is 6.04. The predicted molar refractivity (Wildman–Crippen MR) is 95.6 cm³/mol. The number of nitrogens with one attached hydrogen (secondary N) is 3. The topological polar surface area (TPSA) is 117 Å². The van der Waals surface area contributed by atoms with Crippen LogP contribution in [-0.4, -0.2) is 48.0 Å². The van der Waals surface area contributed by atoms with Gasteiger partial charge in [-0.3, -0.25) is 15.0 Å². The van der Waals surface area contributed by atoms with Crippen LogP contribution in [0.15, 0.2) is 24.3 Å². The summed E-state index contributed by atoms with van der Waals surface area (Å²) in [7, 11) is 1.66. The van der Waals surface area contributed by atoms with Gasteiger partial charge in [-0.05, 0) is 25.0 Å². The first-order valence-electron chi connectivity index (χ1n) is 8.87. The molecule has 3 rings (SSSR count). The summed E-state index contributed by atoms with van der Waals surface area (Å²) in [5.74, 6) is -1.91. The lowest BCUT2D eigenvalue weighted by Crippen LogP contribution is -2.51. The van der Waals surface area contributed by atoms with Crippen molar-refractivity contribution in [1.29, 1.82) is 0 Å². The Balaban J connectivity index is 1.57. The number of urea groups is 1. The molecule has 1 aromatic carbocycles. The van der Waals surface area contributed by atoms with Crippen LogP contribution in [0.25, 0.3) is 0 Å². The van der Waals surface area contributed by atoms with Crippen molar-refractivity contribution < 1.29 is 23.9 Å². The van der Waals surface area contributed by atoms with Gasteiger partial charge in [0.05, 0.1) is 5.56 Å². The summed E-state index contributed by atoms with van der Waals surface area (Å²) in [6.45, 7) is -0.610. The zero-order chi connectivity index (χ0) is 19.4. The number of ether oxygens (including phenoxy) is 1. The lowest BCUT2D eigenvalue weighted by atomic mass is 9.82. The van der Waals surface area contributed by atoms with Gasteiger partial charge in [-0.2, -0.15) is 5.01 Å². The van der Waals surface area contributed by atoms with Crippen LogP contribution in [0.3, 0.4) is 0 Å². The Kier molecular flexibility index (Phi) is 5.29. The van der Waals surface area contributed by atoms with Gasteiger partial charge in [0.2, 0.25) is 0 Å². The van der Waals surface area contributed by atoms with E-state index in [1.54, 1.807) is 31.3 Å². The number of rotatable bonds is 5. The van der Waals surface area contributed by atoms with Crippen LogP contribution >= 0.6 is 0 Å². The van der Waals surface area contributed by atoms with E-state index >= 15 is 0 Å². The van der Waals surface area contributed by atoms with Gasteiger partial charge in [0, 0.05) is 12.7 Å². The van der Waals surface area contributed by atoms with E-state index in [1.807, 2.05) is 0 Å². The Labute approximate surface area is 156 Å². The van der Waals surface area contributed by atoms with Crippen LogP contribution in [0.2, 0.25) is 0 Å². The highest BCUT2D eigenvalue weighted by atomic mass is 16.5. The summed E-state index contributed by atoms with van der Waals surface area (Å²) in [5, 5.41) is 6.23. The Bertz CT molecular complexity index is 773. The smallest absolute Gasteiger partial charge is 0.344 e. The van der Waals surface area contributed by atoms with Crippen LogP contribution in [0, 0.1) is 0 Å². The van der Waals surface area contributed by atoms with Crippen LogP contribution in [0.5, 0.6) is 0 Å². The minimum Gasteiger partial charge on any atom is -0.452 e. The summed E-state index contributed by atoms with van der Waals surface area (Å²) >= 11 is 0. The molecule has 0 aromatic heterocycles. The fourth-order valence-electron chi connectivity index (χ4n) is 3.46. The zero-order valence-corrected chi connectivity index (χ0v) is 15.0. The number of anilines is 1. The number of nitrogens with zero attached hydrogens (tertiary/aromatic N) is 1. The highest BCUT2D eigenvalue weighted by molar-refractivity contribution is 6.08. The SMILES string of the molecule is CNc1ccccc1C(=O)OCC(=O)NN1C(=O)NC2(CCCCC2)C1=O. The van der Waals surface area contributed by atoms with E-state index in [0.29, 0.717) is 23.5 Å². The highest BCUT2D eigenvalue weighted by Gasteiger charge is 2.52. The first-order chi connectivity index (χ1) is 13.0. The van der Waals surface area contributed by atoms with Crippen LogP contribution in [-0.2, 0) is 14.3 Å². The maximum atomic E-state index is 12.6. The van der Waals surface area contributed by atoms with E-state index in [0.717, 1.165) is 19.3 Å². The summed E-state index contributed by atoms with van der Waals surface area (Å²) in [5.41, 5.74) is 2.15. The number of carbonyl (C=O) groups is 4. The molecule has 4 amide bonds. The third kappa shape index (κ3) is 3.71. The molecule has 9 nitrogen and oxygen atoms in total. The third-order valence-corrected chi connectivity index (χ3v) is 4.86. The minimum absolute atomic E-state index is 0.281. The second-order valence-corrected chi connectivity index (χ2v) is 6.62. The van der Waals surface area contributed by atoms with Gasteiger partial charge in [0.15, 0.2) is 6.61 Å². The fraction of sp³-hybridized carbons (Fsp3) is 0.444. The van der Waals surface area contributed by atoms with Crippen LogP contribution < -0.4 is 16.1 Å². The molecule has 1 aliphatic carbocycles. The molecule has 144 valence electrons. The quantitative estimate of drug-likeness (QED) is 0.526. The van der Waals surface area contributed by atoms with Gasteiger partial charge in [-0.25, -0.2) is 9.59 Å². The number of para-hydroxylation sites is 1. The standard InChI is InChI=1S/C18H22N4O5/c1-19-13-8-4-3-7-12(13)15(24)27-11-14(23)21-22-16(25)18(20-17(22)26)9-5-2-6-10-18/h3-4,7-8,19H,2,5-6,9-11H2,1H3,(H,20,26)(H,21,23). The average molecular weight is 374 g/mol. The van der Waals surface area contributed by atoms with Gasteiger partial charge in [-0.1, -0.05) is 31.4 Å². The number of hydrogen-bond donors (Lipinski definition) is 3. The number of imide groups is 1. The molecule has 1 heterocycles. The van der Waals surface area contributed by atoms with E-state index < -0.39 is 36.0 Å². The molecule has 0 atom stereocenters. The van der Waals surface area contributed by atoms with Crippen molar-refractivity contribution in [3.05, 3.63) is 29.8 Å². The number of hydrogen-bond acceptors (Lipinski definition) is 6. The fourth-order valence-corrected chi connectivity index (χ4v) is 3.46. The lowest BCUT2D eigenvalue weighted by Gasteiger charge is -2.30. The maximum Gasteiger partial charge on any atom is 0.344 e. The molecular weight excluding hydrogens is 352 g/mol. The molecule has 1 aliphatic heterocycles. The zero-order valence-electron chi connectivity index (χ0n) is 15.0. The Morgan fingerprint density at radius 2 is 1.89 bits per heavy atom. The molecule has 27 heavy (non-hydrogen) atoms. The normalized spacial score (nSPS) is 18.2. The third-order valence-electron chi connectivity index (χ3n) is 4.86. The van der Waals surface area contributed by atoms with Gasteiger partial charge in [0.25, 0.3) is 11.8 Å². The van der Waals surface area contributed by atoms with Crippen molar-refractivity contribution in [2.45, 2.75) is 37.6 Å². The molecule has 1 aromatic rings. The second-order valence-electron chi connectivity index (χ2n) is 6.62. The van der Waals surface area contributed by atoms with E-state index in [4.69, 9.17) is 4.74 Å². The van der Waals surface area contributed by atoms with Crippen molar-refractivity contribution in [3.8, 4) is 0 Å². The molecule has 0 bridgehead atoms. The number of amides is 4. The van der Waals surface area contributed by atoms with Crippen LogP contribution in [0.4, 0.5) is 10.5 Å². The molecule has 0 radical (unpaired) electrons. The maximum absolute atomic E-state index is 12.6. The predicted octanol–water partition coefficient (Wildman–Crippen LogP) is 1.17. The summed E-state index contributed by atoms with van der Waals surface area (Å²) in [4.78, 5) is 48.9. The largest absolute Gasteiger partial charge is 0.452 e. The van der Waals surface area contributed by atoms with Crippen molar-refractivity contribution in [2.75, 3.05) is 19.0 Å².